The minimum atomic E-state index is -3.66. The van der Waals surface area contributed by atoms with Gasteiger partial charge in [0.15, 0.2) is 5.65 Å². The maximum absolute atomic E-state index is 12.9. The molecular weight excluding hydrogens is 364 g/mol. The van der Waals surface area contributed by atoms with Crippen LogP contribution in [0.5, 0.6) is 0 Å². The SMILES string of the molecule is C=Cc1ccc(Cn2nc3c(S(=O)(=O)N4CCCC4)cccn3c2=O)cc1. The van der Waals surface area contributed by atoms with E-state index in [1.54, 1.807) is 18.3 Å². The van der Waals surface area contributed by atoms with Crippen molar-refractivity contribution < 1.29 is 8.42 Å². The van der Waals surface area contributed by atoms with Crippen LogP contribution in [-0.2, 0) is 16.6 Å². The molecule has 1 fully saturated rings. The summed E-state index contributed by atoms with van der Waals surface area (Å²) in [5, 5.41) is 4.33. The summed E-state index contributed by atoms with van der Waals surface area (Å²) in [7, 11) is -3.66. The summed E-state index contributed by atoms with van der Waals surface area (Å²) in [6.45, 7) is 4.99. The molecular formula is C19H20N4O3S. The van der Waals surface area contributed by atoms with Gasteiger partial charge < -0.3 is 0 Å². The Morgan fingerprint density at radius 2 is 1.81 bits per heavy atom. The zero-order valence-corrected chi connectivity index (χ0v) is 15.6. The van der Waals surface area contributed by atoms with Crippen LogP contribution in [0.2, 0.25) is 0 Å². The zero-order valence-electron chi connectivity index (χ0n) is 14.8. The molecule has 2 aromatic heterocycles. The van der Waals surface area contributed by atoms with Gasteiger partial charge in [-0.2, -0.15) is 4.31 Å². The van der Waals surface area contributed by atoms with E-state index in [4.69, 9.17) is 0 Å². The van der Waals surface area contributed by atoms with Crippen molar-refractivity contribution in [2.45, 2.75) is 24.3 Å². The van der Waals surface area contributed by atoms with Gasteiger partial charge in [0.2, 0.25) is 10.0 Å². The molecule has 0 spiro atoms. The van der Waals surface area contributed by atoms with E-state index in [1.807, 2.05) is 24.3 Å². The molecule has 8 heteroatoms. The largest absolute Gasteiger partial charge is 0.350 e. The molecule has 1 aliphatic heterocycles. The van der Waals surface area contributed by atoms with Gasteiger partial charge in [0.25, 0.3) is 0 Å². The summed E-state index contributed by atoms with van der Waals surface area (Å²) in [5.41, 5.74) is 1.68. The number of pyridine rings is 1. The highest BCUT2D eigenvalue weighted by Gasteiger charge is 2.30. The van der Waals surface area contributed by atoms with E-state index in [-0.39, 0.29) is 22.8 Å². The van der Waals surface area contributed by atoms with Crippen LogP contribution in [0.1, 0.15) is 24.0 Å². The minimum Gasteiger partial charge on any atom is -0.249 e. The van der Waals surface area contributed by atoms with Gasteiger partial charge >= 0.3 is 5.69 Å². The highest BCUT2D eigenvalue weighted by atomic mass is 32.2. The lowest BCUT2D eigenvalue weighted by molar-refractivity contribution is 0.477. The summed E-state index contributed by atoms with van der Waals surface area (Å²) in [6, 6.07) is 10.7. The number of fused-ring (bicyclic) bond motifs is 1. The molecule has 0 N–H and O–H groups in total. The molecule has 1 aromatic carbocycles. The molecule has 3 aromatic rings. The Labute approximate surface area is 157 Å². The normalized spacial score (nSPS) is 15.4. The molecule has 0 saturated carbocycles. The number of aromatic nitrogens is 3. The van der Waals surface area contributed by atoms with Crippen LogP contribution in [-0.4, -0.2) is 40.0 Å². The van der Waals surface area contributed by atoms with Crippen molar-refractivity contribution in [3.63, 3.8) is 0 Å². The summed E-state index contributed by atoms with van der Waals surface area (Å²) in [4.78, 5) is 12.8. The van der Waals surface area contributed by atoms with Gasteiger partial charge in [-0.25, -0.2) is 22.3 Å². The van der Waals surface area contributed by atoms with Crippen LogP contribution >= 0.6 is 0 Å². The summed E-state index contributed by atoms with van der Waals surface area (Å²) < 4.78 is 29.9. The van der Waals surface area contributed by atoms with Crippen LogP contribution in [0.15, 0.2) is 58.9 Å². The van der Waals surface area contributed by atoms with Gasteiger partial charge in [-0.3, -0.25) is 0 Å². The lowest BCUT2D eigenvalue weighted by atomic mass is 10.1. The highest BCUT2D eigenvalue weighted by Crippen LogP contribution is 2.23. The van der Waals surface area contributed by atoms with Gasteiger partial charge in [-0.1, -0.05) is 36.9 Å². The fraction of sp³-hybridized carbons (Fsp3) is 0.263. The minimum absolute atomic E-state index is 0.0738. The lowest BCUT2D eigenvalue weighted by Crippen LogP contribution is -2.28. The third-order valence-electron chi connectivity index (χ3n) is 4.80. The molecule has 0 bridgehead atoms. The van der Waals surface area contributed by atoms with Gasteiger partial charge in [-0.15, -0.1) is 5.10 Å². The topological polar surface area (TPSA) is 76.7 Å². The van der Waals surface area contributed by atoms with E-state index < -0.39 is 10.0 Å². The molecule has 0 unspecified atom stereocenters. The monoisotopic (exact) mass is 384 g/mol. The van der Waals surface area contributed by atoms with Crippen molar-refractivity contribution in [2.75, 3.05) is 13.1 Å². The number of rotatable bonds is 5. The Balaban J connectivity index is 1.77. The van der Waals surface area contributed by atoms with Gasteiger partial charge in [0, 0.05) is 19.3 Å². The van der Waals surface area contributed by atoms with Crippen LogP contribution in [0.3, 0.4) is 0 Å². The highest BCUT2D eigenvalue weighted by molar-refractivity contribution is 7.89. The predicted molar refractivity (Wildman–Crippen MR) is 103 cm³/mol. The van der Waals surface area contributed by atoms with Crippen LogP contribution in [0, 0.1) is 0 Å². The first kappa shape index (κ1) is 17.7. The van der Waals surface area contributed by atoms with E-state index in [2.05, 4.69) is 11.7 Å². The molecule has 1 saturated heterocycles. The van der Waals surface area contributed by atoms with Gasteiger partial charge in [0.1, 0.15) is 4.90 Å². The molecule has 4 rings (SSSR count). The van der Waals surface area contributed by atoms with E-state index in [0.717, 1.165) is 24.0 Å². The van der Waals surface area contributed by atoms with Crippen molar-refractivity contribution in [3.8, 4) is 0 Å². The number of hydrogen-bond acceptors (Lipinski definition) is 4. The van der Waals surface area contributed by atoms with E-state index in [1.165, 1.54) is 19.5 Å². The molecule has 0 amide bonds. The van der Waals surface area contributed by atoms with Crippen LogP contribution in [0.4, 0.5) is 0 Å². The third kappa shape index (κ3) is 3.11. The zero-order chi connectivity index (χ0) is 19.0. The Morgan fingerprint density at radius 1 is 1.11 bits per heavy atom. The van der Waals surface area contributed by atoms with E-state index in [9.17, 15) is 13.2 Å². The quantitative estimate of drug-likeness (QED) is 0.674. The first-order chi connectivity index (χ1) is 13.0. The second kappa shape index (κ2) is 6.79. The first-order valence-corrected chi connectivity index (χ1v) is 10.2. The van der Waals surface area contributed by atoms with Crippen molar-refractivity contribution in [1.29, 1.82) is 0 Å². The summed E-state index contributed by atoms with van der Waals surface area (Å²) >= 11 is 0. The Kier molecular flexibility index (Phi) is 4.45. The maximum Gasteiger partial charge on any atom is 0.350 e. The summed E-state index contributed by atoms with van der Waals surface area (Å²) in [5.74, 6) is 0. The molecule has 0 radical (unpaired) electrons. The number of hydrogen-bond donors (Lipinski definition) is 0. The van der Waals surface area contributed by atoms with Crippen LogP contribution in [0.25, 0.3) is 11.7 Å². The number of benzene rings is 1. The average molecular weight is 384 g/mol. The van der Waals surface area contributed by atoms with Crippen molar-refractivity contribution in [3.05, 3.63) is 70.8 Å². The molecule has 0 aliphatic carbocycles. The molecule has 140 valence electrons. The number of nitrogens with zero attached hydrogens (tertiary/aromatic N) is 4. The molecule has 7 nitrogen and oxygen atoms in total. The second-order valence-electron chi connectivity index (χ2n) is 6.56. The van der Waals surface area contributed by atoms with Crippen molar-refractivity contribution in [2.24, 2.45) is 0 Å². The Bertz CT molecular complexity index is 1150. The molecule has 1 aliphatic rings. The summed E-state index contributed by atoms with van der Waals surface area (Å²) in [6.07, 6.45) is 5.00. The van der Waals surface area contributed by atoms with Crippen molar-refractivity contribution >= 4 is 21.7 Å². The second-order valence-corrected chi connectivity index (χ2v) is 8.47. The van der Waals surface area contributed by atoms with Gasteiger partial charge in [0.05, 0.1) is 6.54 Å². The molecule has 0 atom stereocenters. The lowest BCUT2D eigenvalue weighted by Gasteiger charge is -2.15. The van der Waals surface area contributed by atoms with Crippen LogP contribution < -0.4 is 5.69 Å². The average Bonchev–Trinajstić information content (AvgIpc) is 3.32. The number of sulfonamides is 1. The predicted octanol–water partition coefficient (Wildman–Crippen LogP) is 1.97. The van der Waals surface area contributed by atoms with Crippen molar-refractivity contribution in [1.82, 2.24) is 18.5 Å². The first-order valence-electron chi connectivity index (χ1n) is 8.80. The molecule has 3 heterocycles. The standard InChI is InChI=1S/C19H20N4O3S/c1-2-15-7-9-16(10-8-15)14-23-19(24)22-13-5-6-17(18(22)20-23)27(25,26)21-11-3-4-12-21/h2,5-10,13H,1,3-4,11-12,14H2. The smallest absolute Gasteiger partial charge is 0.249 e. The fourth-order valence-electron chi connectivity index (χ4n) is 3.32. The van der Waals surface area contributed by atoms with Gasteiger partial charge in [-0.05, 0) is 36.1 Å². The maximum atomic E-state index is 12.9. The Morgan fingerprint density at radius 3 is 2.48 bits per heavy atom. The van der Waals surface area contributed by atoms with E-state index in [0.29, 0.717) is 13.1 Å². The fourth-order valence-corrected chi connectivity index (χ4v) is 4.96. The molecule has 27 heavy (non-hydrogen) atoms. The Hall–Kier alpha value is -2.71. The third-order valence-corrected chi connectivity index (χ3v) is 6.72. The van der Waals surface area contributed by atoms with E-state index >= 15 is 0 Å².